The molecule has 0 saturated heterocycles. The van der Waals surface area contributed by atoms with Crippen LogP contribution in [0.1, 0.15) is 24.5 Å². The molecule has 16 heavy (non-hydrogen) atoms. The molecule has 0 heterocycles. The van der Waals surface area contributed by atoms with Crippen molar-refractivity contribution in [3.8, 4) is 0 Å². The zero-order valence-electron chi connectivity index (χ0n) is 10.0. The first kappa shape index (κ1) is 12.5. The third-order valence-electron chi connectivity index (χ3n) is 2.31. The van der Waals surface area contributed by atoms with Crippen LogP contribution in [0.3, 0.4) is 0 Å². The molecule has 1 rings (SSSR count). The molecule has 0 fully saturated rings. The van der Waals surface area contributed by atoms with Crippen molar-refractivity contribution in [1.29, 1.82) is 0 Å². The Morgan fingerprint density at radius 2 is 2.19 bits per heavy atom. The van der Waals surface area contributed by atoms with Gasteiger partial charge in [-0.1, -0.05) is 42.0 Å². The van der Waals surface area contributed by atoms with Crippen molar-refractivity contribution in [3.05, 3.63) is 47.5 Å². The highest BCUT2D eigenvalue weighted by atomic mass is 16.1. The summed E-state index contributed by atoms with van der Waals surface area (Å²) in [5, 5.41) is 2.83. The van der Waals surface area contributed by atoms with Crippen LogP contribution < -0.4 is 5.32 Å². The van der Waals surface area contributed by atoms with Gasteiger partial charge in [-0.25, -0.2) is 0 Å². The zero-order chi connectivity index (χ0) is 12.0. The molecule has 1 aromatic carbocycles. The Bertz CT molecular complexity index is 382. The minimum Gasteiger partial charge on any atom is -0.352 e. The summed E-state index contributed by atoms with van der Waals surface area (Å²) in [4.78, 5) is 11.5. The van der Waals surface area contributed by atoms with Gasteiger partial charge in [0, 0.05) is 13.0 Å². The van der Waals surface area contributed by atoms with Crippen molar-refractivity contribution in [2.45, 2.75) is 26.7 Å². The molecular weight excluding hydrogens is 198 g/mol. The summed E-state index contributed by atoms with van der Waals surface area (Å²) >= 11 is 0. The number of aryl methyl sites for hydroxylation is 2. The van der Waals surface area contributed by atoms with Crippen molar-refractivity contribution in [3.63, 3.8) is 0 Å². The average Bonchev–Trinajstić information content (AvgIpc) is 2.23. The van der Waals surface area contributed by atoms with Gasteiger partial charge in [-0.2, -0.15) is 0 Å². The van der Waals surface area contributed by atoms with Crippen LogP contribution in [-0.2, 0) is 11.2 Å². The highest BCUT2D eigenvalue weighted by Crippen LogP contribution is 2.06. The van der Waals surface area contributed by atoms with Gasteiger partial charge in [0.05, 0.1) is 0 Å². The summed E-state index contributed by atoms with van der Waals surface area (Å²) < 4.78 is 0. The van der Waals surface area contributed by atoms with Gasteiger partial charge in [-0.05, 0) is 25.8 Å². The van der Waals surface area contributed by atoms with E-state index in [0.717, 1.165) is 12.0 Å². The maximum atomic E-state index is 11.5. The van der Waals surface area contributed by atoms with Crippen LogP contribution in [0.4, 0.5) is 0 Å². The fraction of sp³-hybridized carbons (Fsp3) is 0.357. The van der Waals surface area contributed by atoms with Gasteiger partial charge in [0.15, 0.2) is 0 Å². The minimum atomic E-state index is 0.0875. The molecule has 1 amide bonds. The van der Waals surface area contributed by atoms with E-state index in [2.05, 4.69) is 37.0 Å². The van der Waals surface area contributed by atoms with Gasteiger partial charge in [-0.15, -0.1) is 0 Å². The smallest absolute Gasteiger partial charge is 0.220 e. The Morgan fingerprint density at radius 1 is 1.44 bits per heavy atom. The molecule has 0 radical (unpaired) electrons. The standard InChI is InChI=1S/C14H19NO/c1-11(2)10-15-14(16)8-7-13-6-4-5-12(3)9-13/h4-6,9H,1,7-8,10H2,2-3H3,(H,15,16). The van der Waals surface area contributed by atoms with Crippen molar-refractivity contribution < 1.29 is 4.79 Å². The predicted molar refractivity (Wildman–Crippen MR) is 67.3 cm³/mol. The largest absolute Gasteiger partial charge is 0.352 e. The maximum absolute atomic E-state index is 11.5. The van der Waals surface area contributed by atoms with Gasteiger partial charge >= 0.3 is 0 Å². The minimum absolute atomic E-state index is 0.0875. The van der Waals surface area contributed by atoms with Gasteiger partial charge < -0.3 is 5.32 Å². The highest BCUT2D eigenvalue weighted by Gasteiger charge is 2.01. The van der Waals surface area contributed by atoms with Crippen LogP contribution in [0.15, 0.2) is 36.4 Å². The van der Waals surface area contributed by atoms with E-state index < -0.39 is 0 Å². The van der Waals surface area contributed by atoms with Crippen molar-refractivity contribution in [1.82, 2.24) is 5.32 Å². The number of amides is 1. The topological polar surface area (TPSA) is 29.1 Å². The van der Waals surface area contributed by atoms with Crippen LogP contribution in [0.5, 0.6) is 0 Å². The Hall–Kier alpha value is -1.57. The Morgan fingerprint density at radius 3 is 2.81 bits per heavy atom. The second-order valence-electron chi connectivity index (χ2n) is 4.22. The summed E-state index contributed by atoms with van der Waals surface area (Å²) in [6.45, 7) is 8.28. The molecule has 0 unspecified atom stereocenters. The third kappa shape index (κ3) is 4.78. The lowest BCUT2D eigenvalue weighted by atomic mass is 10.1. The summed E-state index contributed by atoms with van der Waals surface area (Å²) in [6.07, 6.45) is 1.33. The van der Waals surface area contributed by atoms with E-state index in [-0.39, 0.29) is 5.91 Å². The van der Waals surface area contributed by atoms with Crippen molar-refractivity contribution in [2.75, 3.05) is 6.54 Å². The summed E-state index contributed by atoms with van der Waals surface area (Å²) in [5.41, 5.74) is 3.43. The van der Waals surface area contributed by atoms with Gasteiger partial charge in [0.2, 0.25) is 5.91 Å². The lowest BCUT2D eigenvalue weighted by molar-refractivity contribution is -0.120. The van der Waals surface area contributed by atoms with Crippen LogP contribution in [0.25, 0.3) is 0 Å². The molecule has 0 saturated carbocycles. The van der Waals surface area contributed by atoms with Crippen molar-refractivity contribution >= 4 is 5.91 Å². The molecule has 0 atom stereocenters. The van der Waals surface area contributed by atoms with Crippen molar-refractivity contribution in [2.24, 2.45) is 0 Å². The fourth-order valence-electron chi connectivity index (χ4n) is 1.46. The fourth-order valence-corrected chi connectivity index (χ4v) is 1.46. The SMILES string of the molecule is C=C(C)CNC(=O)CCc1cccc(C)c1. The number of rotatable bonds is 5. The molecule has 2 nitrogen and oxygen atoms in total. The third-order valence-corrected chi connectivity index (χ3v) is 2.31. The van der Waals surface area contributed by atoms with Crippen LogP contribution in [0.2, 0.25) is 0 Å². The number of hydrogen-bond donors (Lipinski definition) is 1. The molecule has 0 aliphatic heterocycles. The van der Waals surface area contributed by atoms with Gasteiger partial charge in [-0.3, -0.25) is 4.79 Å². The van der Waals surface area contributed by atoms with E-state index in [9.17, 15) is 4.79 Å². The molecule has 86 valence electrons. The van der Waals surface area contributed by atoms with Gasteiger partial charge in [0.25, 0.3) is 0 Å². The normalized spacial score (nSPS) is 9.88. The van der Waals surface area contributed by atoms with E-state index in [1.54, 1.807) is 0 Å². The molecule has 0 aliphatic rings. The Kier molecular flexibility index (Phi) is 4.77. The maximum Gasteiger partial charge on any atom is 0.220 e. The number of hydrogen-bond acceptors (Lipinski definition) is 1. The quantitative estimate of drug-likeness (QED) is 0.755. The molecule has 0 bridgehead atoms. The molecule has 0 aromatic heterocycles. The number of nitrogens with one attached hydrogen (secondary N) is 1. The van der Waals surface area contributed by atoms with E-state index >= 15 is 0 Å². The first-order chi connectivity index (χ1) is 7.58. The Labute approximate surface area is 97.4 Å². The van der Waals surface area contributed by atoms with Gasteiger partial charge in [0.1, 0.15) is 0 Å². The molecule has 0 spiro atoms. The second-order valence-corrected chi connectivity index (χ2v) is 4.22. The first-order valence-corrected chi connectivity index (χ1v) is 5.54. The van der Waals surface area contributed by atoms with E-state index in [1.807, 2.05) is 13.0 Å². The molecule has 1 aromatic rings. The van der Waals surface area contributed by atoms with E-state index in [0.29, 0.717) is 13.0 Å². The second kappa shape index (κ2) is 6.11. The monoisotopic (exact) mass is 217 g/mol. The summed E-state index contributed by atoms with van der Waals surface area (Å²) in [6, 6.07) is 8.26. The molecule has 1 N–H and O–H groups in total. The predicted octanol–water partition coefficient (Wildman–Crippen LogP) is 2.62. The molecular formula is C14H19NO. The molecule has 0 aliphatic carbocycles. The number of carbonyl (C=O) groups is 1. The average molecular weight is 217 g/mol. The first-order valence-electron chi connectivity index (χ1n) is 5.54. The highest BCUT2D eigenvalue weighted by molar-refractivity contribution is 5.76. The lowest BCUT2D eigenvalue weighted by Gasteiger charge is -2.05. The lowest BCUT2D eigenvalue weighted by Crippen LogP contribution is -2.24. The number of carbonyl (C=O) groups excluding carboxylic acids is 1. The number of benzene rings is 1. The van der Waals surface area contributed by atoms with E-state index in [4.69, 9.17) is 0 Å². The van der Waals surface area contributed by atoms with Crippen LogP contribution in [-0.4, -0.2) is 12.5 Å². The summed E-state index contributed by atoms with van der Waals surface area (Å²) in [7, 11) is 0. The van der Waals surface area contributed by atoms with E-state index in [1.165, 1.54) is 11.1 Å². The van der Waals surface area contributed by atoms with Crippen LogP contribution in [0, 0.1) is 6.92 Å². The zero-order valence-corrected chi connectivity index (χ0v) is 10.0. The Balaban J connectivity index is 2.34. The van der Waals surface area contributed by atoms with Crippen LogP contribution >= 0.6 is 0 Å². The molecule has 2 heteroatoms. The summed E-state index contributed by atoms with van der Waals surface area (Å²) in [5.74, 6) is 0.0875.